The van der Waals surface area contributed by atoms with Gasteiger partial charge in [-0.15, -0.1) is 0 Å². The van der Waals surface area contributed by atoms with Crippen molar-refractivity contribution in [2.75, 3.05) is 0 Å². The van der Waals surface area contributed by atoms with Gasteiger partial charge in [-0.3, -0.25) is 0 Å². The predicted octanol–water partition coefficient (Wildman–Crippen LogP) is 2.38. The number of hydrogen-bond donors (Lipinski definition) is 0. The van der Waals surface area contributed by atoms with Gasteiger partial charge in [-0.2, -0.15) is 0 Å². The molecule has 0 N–H and O–H groups in total. The highest BCUT2D eigenvalue weighted by atomic mass is 32.2. The Morgan fingerprint density at radius 1 is 1.21 bits per heavy atom. The molecule has 0 spiro atoms. The lowest BCUT2D eigenvalue weighted by molar-refractivity contribution is 0.599. The van der Waals surface area contributed by atoms with Crippen molar-refractivity contribution in [3.63, 3.8) is 0 Å². The van der Waals surface area contributed by atoms with Crippen LogP contribution in [0, 0.1) is 5.92 Å². The molecule has 0 aromatic heterocycles. The molecule has 0 aliphatic heterocycles. The summed E-state index contributed by atoms with van der Waals surface area (Å²) in [4.78, 5) is 0.737. The molecule has 3 heteroatoms. The van der Waals surface area contributed by atoms with E-state index in [1.165, 1.54) is 0 Å². The van der Waals surface area contributed by atoms with Crippen LogP contribution < -0.4 is 0 Å². The molecule has 1 aliphatic rings. The molecule has 0 amide bonds. The van der Waals surface area contributed by atoms with E-state index in [1.54, 1.807) is 30.3 Å². The summed E-state index contributed by atoms with van der Waals surface area (Å²) in [5.41, 5.74) is 0. The van der Waals surface area contributed by atoms with Crippen LogP contribution >= 0.6 is 0 Å². The van der Waals surface area contributed by atoms with Crippen molar-refractivity contribution in [3.8, 4) is 0 Å². The zero-order valence-electron chi connectivity index (χ0n) is 7.81. The van der Waals surface area contributed by atoms with Crippen LogP contribution in [-0.4, -0.2) is 8.42 Å². The van der Waals surface area contributed by atoms with Gasteiger partial charge in [0.15, 0.2) is 0 Å². The van der Waals surface area contributed by atoms with Gasteiger partial charge < -0.3 is 0 Å². The van der Waals surface area contributed by atoms with Crippen LogP contribution in [0.1, 0.15) is 12.8 Å². The fourth-order valence-corrected chi connectivity index (χ4v) is 2.87. The molecule has 1 aliphatic carbocycles. The van der Waals surface area contributed by atoms with E-state index in [0.29, 0.717) is 9.80 Å². The molecule has 0 saturated heterocycles. The Hall–Kier alpha value is -1.09. The highest BCUT2D eigenvalue weighted by molar-refractivity contribution is 7.95. The molecule has 1 saturated carbocycles. The summed E-state index contributed by atoms with van der Waals surface area (Å²) >= 11 is 0. The van der Waals surface area contributed by atoms with E-state index in [0.717, 1.165) is 12.8 Å². The first-order valence-corrected chi connectivity index (χ1v) is 6.09. The van der Waals surface area contributed by atoms with Crippen LogP contribution in [0.3, 0.4) is 0 Å². The second kappa shape index (κ2) is 3.24. The molecule has 2 rings (SSSR count). The van der Waals surface area contributed by atoms with Crippen molar-refractivity contribution in [3.05, 3.63) is 41.8 Å². The van der Waals surface area contributed by atoms with Crippen LogP contribution in [0.5, 0.6) is 0 Å². The topological polar surface area (TPSA) is 34.1 Å². The first kappa shape index (κ1) is 9.46. The zero-order valence-corrected chi connectivity index (χ0v) is 8.63. The molecule has 0 heterocycles. The van der Waals surface area contributed by atoms with E-state index in [2.05, 4.69) is 6.58 Å². The number of sulfone groups is 1. The largest absolute Gasteiger partial charge is 0.219 e. The van der Waals surface area contributed by atoms with E-state index in [1.807, 2.05) is 0 Å². The first-order chi connectivity index (χ1) is 6.62. The van der Waals surface area contributed by atoms with Crippen LogP contribution in [0.4, 0.5) is 0 Å². The molecule has 14 heavy (non-hydrogen) atoms. The SMILES string of the molecule is C=C(C1CC1)S(=O)(=O)c1ccccc1. The second-order valence-electron chi connectivity index (χ2n) is 3.56. The summed E-state index contributed by atoms with van der Waals surface area (Å²) in [7, 11) is -3.27. The Morgan fingerprint density at radius 2 is 1.79 bits per heavy atom. The maximum Gasteiger partial charge on any atom is 0.202 e. The molecule has 0 atom stereocenters. The fourth-order valence-electron chi connectivity index (χ4n) is 1.38. The van der Waals surface area contributed by atoms with Gasteiger partial charge in [0.1, 0.15) is 0 Å². The predicted molar refractivity (Wildman–Crippen MR) is 55.5 cm³/mol. The van der Waals surface area contributed by atoms with E-state index in [-0.39, 0.29) is 5.92 Å². The highest BCUT2D eigenvalue weighted by Crippen LogP contribution is 2.40. The van der Waals surface area contributed by atoms with Crippen molar-refractivity contribution >= 4 is 9.84 Å². The van der Waals surface area contributed by atoms with Crippen molar-refractivity contribution in [1.29, 1.82) is 0 Å². The van der Waals surface area contributed by atoms with E-state index < -0.39 is 9.84 Å². The van der Waals surface area contributed by atoms with Gasteiger partial charge in [0.25, 0.3) is 0 Å². The molecule has 2 nitrogen and oxygen atoms in total. The average molecular weight is 208 g/mol. The summed E-state index contributed by atoms with van der Waals surface area (Å²) in [5, 5.41) is 0. The number of hydrogen-bond acceptors (Lipinski definition) is 2. The van der Waals surface area contributed by atoms with Gasteiger partial charge in [-0.25, -0.2) is 8.42 Å². The third-order valence-electron chi connectivity index (χ3n) is 2.43. The molecule has 74 valence electrons. The van der Waals surface area contributed by atoms with Gasteiger partial charge >= 0.3 is 0 Å². The van der Waals surface area contributed by atoms with Gasteiger partial charge in [-0.05, 0) is 30.9 Å². The number of benzene rings is 1. The van der Waals surface area contributed by atoms with Gasteiger partial charge in [-0.1, -0.05) is 24.8 Å². The molecule has 0 bridgehead atoms. The van der Waals surface area contributed by atoms with Crippen LogP contribution in [0.15, 0.2) is 46.7 Å². The third kappa shape index (κ3) is 1.60. The first-order valence-electron chi connectivity index (χ1n) is 4.61. The van der Waals surface area contributed by atoms with Crippen molar-refractivity contribution in [2.45, 2.75) is 17.7 Å². The minimum absolute atomic E-state index is 0.195. The Balaban J connectivity index is 2.37. The monoisotopic (exact) mass is 208 g/mol. The number of rotatable bonds is 3. The molecule has 0 unspecified atom stereocenters. The Bertz CT molecular complexity index is 441. The lowest BCUT2D eigenvalue weighted by Crippen LogP contribution is -2.04. The Morgan fingerprint density at radius 3 is 2.29 bits per heavy atom. The summed E-state index contributed by atoms with van der Waals surface area (Å²) in [5.74, 6) is 0.195. The van der Waals surface area contributed by atoms with Crippen molar-refractivity contribution in [2.24, 2.45) is 5.92 Å². The summed E-state index contributed by atoms with van der Waals surface area (Å²) in [6.07, 6.45) is 1.93. The highest BCUT2D eigenvalue weighted by Gasteiger charge is 2.33. The third-order valence-corrected chi connectivity index (χ3v) is 4.35. The number of allylic oxidation sites excluding steroid dienone is 1. The standard InChI is InChI=1S/C11H12O2S/c1-9(10-7-8-10)14(12,13)11-5-3-2-4-6-11/h2-6,10H,1,7-8H2. The maximum absolute atomic E-state index is 11.9. The minimum Gasteiger partial charge on any atom is -0.219 e. The lowest BCUT2D eigenvalue weighted by atomic mass is 10.4. The quantitative estimate of drug-likeness (QED) is 0.764. The van der Waals surface area contributed by atoms with Gasteiger partial charge in [0.2, 0.25) is 9.84 Å². The van der Waals surface area contributed by atoms with E-state index in [4.69, 9.17) is 0 Å². The van der Waals surface area contributed by atoms with Crippen LogP contribution in [0.25, 0.3) is 0 Å². The van der Waals surface area contributed by atoms with Gasteiger partial charge in [0, 0.05) is 4.91 Å². The summed E-state index contributed by atoms with van der Waals surface area (Å²) in [6.45, 7) is 3.68. The Labute approximate surface area is 84.2 Å². The summed E-state index contributed by atoms with van der Waals surface area (Å²) < 4.78 is 23.8. The molecule has 0 radical (unpaired) electrons. The van der Waals surface area contributed by atoms with Crippen LogP contribution in [0.2, 0.25) is 0 Å². The zero-order chi connectivity index (χ0) is 10.2. The molecule has 1 aromatic carbocycles. The smallest absolute Gasteiger partial charge is 0.202 e. The molecule has 1 aromatic rings. The van der Waals surface area contributed by atoms with Crippen molar-refractivity contribution in [1.82, 2.24) is 0 Å². The minimum atomic E-state index is -3.27. The molecular formula is C11H12O2S. The normalized spacial score (nSPS) is 16.6. The summed E-state index contributed by atoms with van der Waals surface area (Å²) in [6, 6.07) is 8.49. The maximum atomic E-state index is 11.9. The van der Waals surface area contributed by atoms with E-state index in [9.17, 15) is 8.42 Å². The lowest BCUT2D eigenvalue weighted by Gasteiger charge is -2.05. The second-order valence-corrected chi connectivity index (χ2v) is 5.56. The van der Waals surface area contributed by atoms with Crippen LogP contribution in [-0.2, 0) is 9.84 Å². The Kier molecular flexibility index (Phi) is 2.19. The molecular weight excluding hydrogens is 196 g/mol. The van der Waals surface area contributed by atoms with Gasteiger partial charge in [0.05, 0.1) is 4.90 Å². The molecule has 1 fully saturated rings. The van der Waals surface area contributed by atoms with E-state index >= 15 is 0 Å². The van der Waals surface area contributed by atoms with Crippen molar-refractivity contribution < 1.29 is 8.42 Å². The fraction of sp³-hybridized carbons (Fsp3) is 0.273. The average Bonchev–Trinajstić information content (AvgIpc) is 3.01.